The largest absolute Gasteiger partial charge is 0.411 e. The van der Waals surface area contributed by atoms with Crippen molar-refractivity contribution >= 4 is 34.3 Å². The Morgan fingerprint density at radius 1 is 1.11 bits per heavy atom. The van der Waals surface area contributed by atoms with Gasteiger partial charge in [0.15, 0.2) is 0 Å². The molecule has 0 radical (unpaired) electrons. The molecule has 0 aliphatic carbocycles. The summed E-state index contributed by atoms with van der Waals surface area (Å²) >= 11 is 7.23. The van der Waals surface area contributed by atoms with Gasteiger partial charge in [-0.1, -0.05) is 41.9 Å². The van der Waals surface area contributed by atoms with Crippen molar-refractivity contribution in [3.8, 4) is 28.8 Å². The molecule has 2 aromatic carbocycles. The SMILES string of the molecule is C[C@@H](C#N)Sc1nnc(-c2cc(-c3ccc(Cl)cc3)nc3ccccc23)o1. The Morgan fingerprint density at radius 3 is 2.67 bits per heavy atom. The number of pyridine rings is 1. The summed E-state index contributed by atoms with van der Waals surface area (Å²) < 4.78 is 5.80. The fourth-order valence-corrected chi connectivity index (χ4v) is 3.36. The van der Waals surface area contributed by atoms with Gasteiger partial charge in [0.05, 0.1) is 28.1 Å². The van der Waals surface area contributed by atoms with E-state index in [0.29, 0.717) is 16.1 Å². The van der Waals surface area contributed by atoms with E-state index >= 15 is 0 Å². The number of halogens is 1. The van der Waals surface area contributed by atoms with E-state index in [2.05, 4.69) is 16.3 Å². The molecule has 0 bridgehead atoms. The summed E-state index contributed by atoms with van der Waals surface area (Å²) in [4.78, 5) is 4.75. The maximum atomic E-state index is 8.96. The van der Waals surface area contributed by atoms with E-state index in [1.54, 1.807) is 6.92 Å². The lowest BCUT2D eigenvalue weighted by Crippen LogP contribution is -1.90. The molecule has 0 spiro atoms. The van der Waals surface area contributed by atoms with Crippen molar-refractivity contribution in [1.82, 2.24) is 15.2 Å². The van der Waals surface area contributed by atoms with Crippen LogP contribution in [0.15, 0.2) is 64.2 Å². The van der Waals surface area contributed by atoms with Crippen LogP contribution in [0.25, 0.3) is 33.6 Å². The standard InChI is InChI=1S/C20H13ClN4OS/c1-12(11-22)27-20-25-24-19(26-20)16-10-18(13-6-8-14(21)9-7-13)23-17-5-3-2-4-15(16)17/h2-10,12H,1H3/t12-/m0/s1. The lowest BCUT2D eigenvalue weighted by atomic mass is 10.0. The third kappa shape index (κ3) is 3.65. The number of para-hydroxylation sites is 1. The van der Waals surface area contributed by atoms with Crippen LogP contribution in [0.2, 0.25) is 5.02 Å². The normalized spacial score (nSPS) is 12.0. The second-order valence-electron chi connectivity index (χ2n) is 5.84. The van der Waals surface area contributed by atoms with Gasteiger partial charge in [0, 0.05) is 16.0 Å². The summed E-state index contributed by atoms with van der Waals surface area (Å²) in [6.07, 6.45) is 0. The maximum Gasteiger partial charge on any atom is 0.278 e. The molecule has 0 fully saturated rings. The van der Waals surface area contributed by atoms with Crippen LogP contribution in [0.5, 0.6) is 0 Å². The molecule has 0 saturated carbocycles. The third-order valence-electron chi connectivity index (χ3n) is 3.95. The summed E-state index contributed by atoms with van der Waals surface area (Å²) in [5.74, 6) is 0.399. The van der Waals surface area contributed by atoms with E-state index in [0.717, 1.165) is 27.7 Å². The molecule has 0 aliphatic rings. The highest BCUT2D eigenvalue weighted by Crippen LogP contribution is 2.33. The maximum absolute atomic E-state index is 8.96. The van der Waals surface area contributed by atoms with Gasteiger partial charge >= 0.3 is 0 Å². The van der Waals surface area contributed by atoms with Gasteiger partial charge in [0.1, 0.15) is 0 Å². The number of fused-ring (bicyclic) bond motifs is 1. The van der Waals surface area contributed by atoms with Crippen LogP contribution in [0, 0.1) is 11.3 Å². The highest BCUT2D eigenvalue weighted by molar-refractivity contribution is 7.99. The smallest absolute Gasteiger partial charge is 0.278 e. The van der Waals surface area contributed by atoms with Crippen LogP contribution in [0.3, 0.4) is 0 Å². The first kappa shape index (κ1) is 17.5. The summed E-state index contributed by atoms with van der Waals surface area (Å²) in [5.41, 5.74) is 3.36. The number of hydrogen-bond acceptors (Lipinski definition) is 6. The molecule has 0 unspecified atom stereocenters. The highest BCUT2D eigenvalue weighted by atomic mass is 35.5. The molecular weight excluding hydrogens is 380 g/mol. The second-order valence-corrected chi connectivity index (χ2v) is 7.57. The fourth-order valence-electron chi connectivity index (χ4n) is 2.66. The zero-order chi connectivity index (χ0) is 18.8. The van der Waals surface area contributed by atoms with Gasteiger partial charge < -0.3 is 4.42 Å². The van der Waals surface area contributed by atoms with Crippen LogP contribution < -0.4 is 0 Å². The molecule has 0 aliphatic heterocycles. The van der Waals surface area contributed by atoms with E-state index in [-0.39, 0.29) is 5.25 Å². The van der Waals surface area contributed by atoms with E-state index in [9.17, 15) is 0 Å². The number of thioether (sulfide) groups is 1. The predicted molar refractivity (Wildman–Crippen MR) is 106 cm³/mol. The molecule has 4 aromatic rings. The van der Waals surface area contributed by atoms with Crippen LogP contribution in [0.4, 0.5) is 0 Å². The zero-order valence-electron chi connectivity index (χ0n) is 14.3. The van der Waals surface area contributed by atoms with Crippen LogP contribution in [-0.2, 0) is 0 Å². The average molecular weight is 393 g/mol. The van der Waals surface area contributed by atoms with Gasteiger partial charge in [-0.05, 0) is 43.0 Å². The minimum atomic E-state index is -0.267. The van der Waals surface area contributed by atoms with E-state index in [4.69, 9.17) is 26.3 Å². The predicted octanol–water partition coefficient (Wildman–Crippen LogP) is 5.61. The minimum Gasteiger partial charge on any atom is -0.411 e. The van der Waals surface area contributed by atoms with Gasteiger partial charge in [0.25, 0.3) is 5.22 Å². The van der Waals surface area contributed by atoms with Gasteiger partial charge in [0.2, 0.25) is 5.89 Å². The number of nitrogens with zero attached hydrogens (tertiary/aromatic N) is 4. The molecule has 0 N–H and O–H groups in total. The molecule has 0 amide bonds. The molecular formula is C20H13ClN4OS. The van der Waals surface area contributed by atoms with E-state index in [1.807, 2.05) is 54.6 Å². The van der Waals surface area contributed by atoms with Crippen molar-refractivity contribution in [3.63, 3.8) is 0 Å². The molecule has 27 heavy (non-hydrogen) atoms. The Hall–Kier alpha value is -2.88. The highest BCUT2D eigenvalue weighted by Gasteiger charge is 2.16. The van der Waals surface area contributed by atoms with Crippen molar-refractivity contribution in [2.75, 3.05) is 0 Å². The summed E-state index contributed by atoms with van der Waals surface area (Å²) in [5, 5.41) is 18.9. The summed E-state index contributed by atoms with van der Waals surface area (Å²) in [6.45, 7) is 1.79. The van der Waals surface area contributed by atoms with Crippen molar-refractivity contribution < 1.29 is 4.42 Å². The monoisotopic (exact) mass is 392 g/mol. The van der Waals surface area contributed by atoms with Crippen LogP contribution in [0.1, 0.15) is 6.92 Å². The molecule has 0 saturated heterocycles. The van der Waals surface area contributed by atoms with Crippen LogP contribution >= 0.6 is 23.4 Å². The van der Waals surface area contributed by atoms with E-state index < -0.39 is 0 Å². The van der Waals surface area contributed by atoms with Crippen molar-refractivity contribution in [3.05, 3.63) is 59.6 Å². The third-order valence-corrected chi connectivity index (χ3v) is 5.03. The number of benzene rings is 2. The quantitative estimate of drug-likeness (QED) is 0.420. The van der Waals surface area contributed by atoms with E-state index in [1.165, 1.54) is 11.8 Å². The van der Waals surface area contributed by atoms with Crippen molar-refractivity contribution in [2.45, 2.75) is 17.4 Å². The Bertz CT molecular complexity index is 1150. The zero-order valence-corrected chi connectivity index (χ0v) is 15.8. The van der Waals surface area contributed by atoms with Crippen LogP contribution in [-0.4, -0.2) is 20.4 Å². The molecule has 1 atom stereocenters. The average Bonchev–Trinajstić information content (AvgIpc) is 3.15. The van der Waals surface area contributed by atoms with Gasteiger partial charge in [-0.2, -0.15) is 5.26 Å². The first-order valence-corrected chi connectivity index (χ1v) is 9.45. The minimum absolute atomic E-state index is 0.267. The lowest BCUT2D eigenvalue weighted by molar-refractivity contribution is 0.466. The molecule has 2 heterocycles. The lowest BCUT2D eigenvalue weighted by Gasteiger charge is -2.07. The molecule has 7 heteroatoms. The first-order chi connectivity index (χ1) is 13.1. The topological polar surface area (TPSA) is 75.6 Å². The molecule has 132 valence electrons. The Labute approximate surface area is 165 Å². The van der Waals surface area contributed by atoms with Gasteiger partial charge in [-0.15, -0.1) is 10.2 Å². The summed E-state index contributed by atoms with van der Waals surface area (Å²) in [6, 6.07) is 19.4. The number of hydrogen-bond donors (Lipinski definition) is 0. The Balaban J connectivity index is 1.84. The fraction of sp³-hybridized carbons (Fsp3) is 0.100. The van der Waals surface area contributed by atoms with Crippen molar-refractivity contribution in [1.29, 1.82) is 5.26 Å². The van der Waals surface area contributed by atoms with Gasteiger partial charge in [-0.25, -0.2) is 4.98 Å². The Kier molecular flexibility index (Phi) is 4.80. The molecule has 5 nitrogen and oxygen atoms in total. The van der Waals surface area contributed by atoms with Crippen molar-refractivity contribution in [2.24, 2.45) is 0 Å². The molecule has 4 rings (SSSR count). The Morgan fingerprint density at radius 2 is 1.89 bits per heavy atom. The molecule has 2 aromatic heterocycles. The second kappa shape index (κ2) is 7.39. The number of rotatable bonds is 4. The summed E-state index contributed by atoms with van der Waals surface area (Å²) in [7, 11) is 0. The number of aromatic nitrogens is 3. The first-order valence-electron chi connectivity index (χ1n) is 8.20. The van der Waals surface area contributed by atoms with Gasteiger partial charge in [-0.3, -0.25) is 0 Å². The number of nitriles is 1.